The standard InChI is InChI=1S/C9H9ClF3NO/c10-5-1-2-7(11)6(3-5)8(14)9(12,13)4-15/h1-3,8,15H,4,14H2/t8-/m0/s1. The summed E-state index contributed by atoms with van der Waals surface area (Å²) in [5.74, 6) is -4.45. The van der Waals surface area contributed by atoms with Gasteiger partial charge in [0.2, 0.25) is 0 Å². The van der Waals surface area contributed by atoms with Crippen molar-refractivity contribution in [1.82, 2.24) is 0 Å². The zero-order valence-corrected chi connectivity index (χ0v) is 8.31. The molecule has 84 valence electrons. The highest BCUT2D eigenvalue weighted by atomic mass is 35.5. The number of aliphatic hydroxyl groups excluding tert-OH is 1. The molecule has 0 bridgehead atoms. The van der Waals surface area contributed by atoms with E-state index in [1.54, 1.807) is 0 Å². The van der Waals surface area contributed by atoms with Gasteiger partial charge in [-0.05, 0) is 18.2 Å². The maximum Gasteiger partial charge on any atom is 0.289 e. The van der Waals surface area contributed by atoms with Gasteiger partial charge in [0.25, 0.3) is 5.92 Å². The normalized spacial score (nSPS) is 14.0. The first kappa shape index (κ1) is 12.3. The van der Waals surface area contributed by atoms with Gasteiger partial charge in [0.15, 0.2) is 0 Å². The van der Waals surface area contributed by atoms with Crippen molar-refractivity contribution in [2.75, 3.05) is 6.61 Å². The van der Waals surface area contributed by atoms with Crippen LogP contribution in [-0.4, -0.2) is 17.6 Å². The van der Waals surface area contributed by atoms with Gasteiger partial charge in [0, 0.05) is 10.6 Å². The molecule has 1 atom stereocenters. The summed E-state index contributed by atoms with van der Waals surface area (Å²) in [7, 11) is 0. The minimum absolute atomic E-state index is 0.107. The Balaban J connectivity index is 3.10. The third-order valence-corrected chi connectivity index (χ3v) is 2.19. The lowest BCUT2D eigenvalue weighted by molar-refractivity contribution is -0.0718. The highest BCUT2D eigenvalue weighted by Gasteiger charge is 2.38. The Kier molecular flexibility index (Phi) is 3.59. The first-order valence-corrected chi connectivity index (χ1v) is 4.45. The number of aliphatic hydroxyl groups is 1. The third kappa shape index (κ3) is 2.62. The SMILES string of the molecule is N[C@@H](c1cc(Cl)ccc1F)C(F)(F)CO. The molecule has 0 spiro atoms. The van der Waals surface area contributed by atoms with Crippen LogP contribution in [0.4, 0.5) is 13.2 Å². The van der Waals surface area contributed by atoms with Crippen LogP contribution in [0.25, 0.3) is 0 Å². The molecule has 1 aromatic carbocycles. The molecule has 0 aromatic heterocycles. The predicted octanol–water partition coefficient (Wildman–Crippen LogP) is 2.11. The van der Waals surface area contributed by atoms with Gasteiger partial charge in [-0.25, -0.2) is 13.2 Å². The maximum absolute atomic E-state index is 13.1. The van der Waals surface area contributed by atoms with Crippen LogP contribution in [0.2, 0.25) is 5.02 Å². The van der Waals surface area contributed by atoms with E-state index in [-0.39, 0.29) is 5.02 Å². The molecule has 0 unspecified atom stereocenters. The van der Waals surface area contributed by atoms with Gasteiger partial charge in [-0.15, -0.1) is 0 Å². The zero-order valence-electron chi connectivity index (χ0n) is 7.55. The van der Waals surface area contributed by atoms with Crippen LogP contribution in [0.1, 0.15) is 11.6 Å². The highest BCUT2D eigenvalue weighted by molar-refractivity contribution is 6.30. The number of benzene rings is 1. The lowest BCUT2D eigenvalue weighted by Gasteiger charge is -2.22. The Morgan fingerprint density at radius 3 is 2.60 bits per heavy atom. The Morgan fingerprint density at radius 2 is 2.07 bits per heavy atom. The average Bonchev–Trinajstić information content (AvgIpc) is 2.20. The number of nitrogens with two attached hydrogens (primary N) is 1. The summed E-state index contributed by atoms with van der Waals surface area (Å²) in [5, 5.41) is 8.51. The van der Waals surface area contributed by atoms with Crippen molar-refractivity contribution in [3.63, 3.8) is 0 Å². The van der Waals surface area contributed by atoms with E-state index in [1.807, 2.05) is 0 Å². The van der Waals surface area contributed by atoms with Crippen LogP contribution in [0.5, 0.6) is 0 Å². The van der Waals surface area contributed by atoms with Crippen molar-refractivity contribution in [3.8, 4) is 0 Å². The molecule has 0 saturated heterocycles. The molecule has 6 heteroatoms. The topological polar surface area (TPSA) is 46.2 Å². The van der Waals surface area contributed by atoms with Crippen LogP contribution >= 0.6 is 11.6 Å². The molecule has 0 amide bonds. The maximum atomic E-state index is 13.1. The van der Waals surface area contributed by atoms with E-state index in [0.29, 0.717) is 0 Å². The van der Waals surface area contributed by atoms with Crippen molar-refractivity contribution in [1.29, 1.82) is 0 Å². The van der Waals surface area contributed by atoms with Crippen molar-refractivity contribution in [3.05, 3.63) is 34.6 Å². The Bertz CT molecular complexity index is 359. The highest BCUT2D eigenvalue weighted by Crippen LogP contribution is 2.31. The van der Waals surface area contributed by atoms with E-state index >= 15 is 0 Å². The quantitative estimate of drug-likeness (QED) is 0.849. The van der Waals surface area contributed by atoms with E-state index in [2.05, 4.69) is 0 Å². The lowest BCUT2D eigenvalue weighted by Crippen LogP contribution is -2.36. The number of rotatable bonds is 3. The summed E-state index contributed by atoms with van der Waals surface area (Å²) in [6.07, 6.45) is 0. The molecule has 0 saturated carbocycles. The molecule has 15 heavy (non-hydrogen) atoms. The van der Waals surface area contributed by atoms with E-state index in [9.17, 15) is 13.2 Å². The van der Waals surface area contributed by atoms with E-state index in [4.69, 9.17) is 22.4 Å². The third-order valence-electron chi connectivity index (χ3n) is 1.96. The molecule has 1 rings (SSSR count). The number of hydrogen-bond donors (Lipinski definition) is 2. The van der Waals surface area contributed by atoms with Crippen molar-refractivity contribution in [2.24, 2.45) is 5.73 Å². The molecule has 0 aliphatic rings. The summed E-state index contributed by atoms with van der Waals surface area (Å²) >= 11 is 5.52. The van der Waals surface area contributed by atoms with Crippen molar-refractivity contribution in [2.45, 2.75) is 12.0 Å². The lowest BCUT2D eigenvalue weighted by atomic mass is 10.0. The van der Waals surface area contributed by atoms with Crippen LogP contribution < -0.4 is 5.73 Å². The van der Waals surface area contributed by atoms with Gasteiger partial charge in [0.05, 0.1) is 6.04 Å². The fourth-order valence-electron chi connectivity index (χ4n) is 1.08. The second-order valence-electron chi connectivity index (χ2n) is 3.06. The first-order chi connectivity index (χ1) is 6.88. The number of hydrogen-bond acceptors (Lipinski definition) is 2. The van der Waals surface area contributed by atoms with Crippen LogP contribution in [-0.2, 0) is 0 Å². The number of alkyl halides is 2. The van der Waals surface area contributed by atoms with Gasteiger partial charge in [-0.3, -0.25) is 0 Å². The van der Waals surface area contributed by atoms with Crippen LogP contribution in [0.15, 0.2) is 18.2 Å². The molecule has 0 aliphatic heterocycles. The van der Waals surface area contributed by atoms with Crippen LogP contribution in [0.3, 0.4) is 0 Å². The molecular weight excluding hydrogens is 231 g/mol. The molecule has 0 fully saturated rings. The average molecular weight is 240 g/mol. The van der Waals surface area contributed by atoms with Crippen LogP contribution in [0, 0.1) is 5.82 Å². The summed E-state index contributed by atoms with van der Waals surface area (Å²) in [4.78, 5) is 0. The molecular formula is C9H9ClF3NO. The van der Waals surface area contributed by atoms with E-state index in [1.165, 1.54) is 6.07 Å². The predicted molar refractivity (Wildman–Crippen MR) is 50.4 cm³/mol. The Morgan fingerprint density at radius 1 is 1.47 bits per heavy atom. The van der Waals surface area contributed by atoms with Gasteiger partial charge in [-0.2, -0.15) is 0 Å². The molecule has 0 heterocycles. The van der Waals surface area contributed by atoms with E-state index in [0.717, 1.165) is 12.1 Å². The minimum Gasteiger partial charge on any atom is -0.390 e. The molecule has 0 aliphatic carbocycles. The Hall–Kier alpha value is -0.780. The first-order valence-electron chi connectivity index (χ1n) is 4.07. The number of halogens is 4. The second-order valence-corrected chi connectivity index (χ2v) is 3.50. The fraction of sp³-hybridized carbons (Fsp3) is 0.333. The van der Waals surface area contributed by atoms with Crippen molar-refractivity contribution >= 4 is 11.6 Å². The molecule has 3 N–H and O–H groups in total. The van der Waals surface area contributed by atoms with Gasteiger partial charge in [-0.1, -0.05) is 11.6 Å². The smallest absolute Gasteiger partial charge is 0.289 e. The van der Waals surface area contributed by atoms with Gasteiger partial charge in [0.1, 0.15) is 12.4 Å². The summed E-state index contributed by atoms with van der Waals surface area (Å²) < 4.78 is 39.1. The summed E-state index contributed by atoms with van der Waals surface area (Å²) in [6.45, 7) is -1.44. The summed E-state index contributed by atoms with van der Waals surface area (Å²) in [5.41, 5.74) is 4.73. The Labute approximate surface area is 89.5 Å². The fourth-order valence-corrected chi connectivity index (χ4v) is 1.26. The van der Waals surface area contributed by atoms with Gasteiger partial charge >= 0.3 is 0 Å². The molecule has 0 radical (unpaired) electrons. The van der Waals surface area contributed by atoms with Crippen molar-refractivity contribution < 1.29 is 18.3 Å². The zero-order chi connectivity index (χ0) is 11.6. The minimum atomic E-state index is -3.58. The van der Waals surface area contributed by atoms with Gasteiger partial charge < -0.3 is 10.8 Å². The monoisotopic (exact) mass is 239 g/mol. The molecule has 2 nitrogen and oxygen atoms in total. The second kappa shape index (κ2) is 4.38. The summed E-state index contributed by atoms with van der Waals surface area (Å²) in [6, 6.07) is 1.28. The van der Waals surface area contributed by atoms with E-state index < -0.39 is 30.0 Å². The molecule has 1 aromatic rings. The largest absolute Gasteiger partial charge is 0.390 e.